The van der Waals surface area contributed by atoms with Crippen molar-refractivity contribution in [2.45, 2.75) is 97.4 Å². The second kappa shape index (κ2) is 9.10. The van der Waals surface area contributed by atoms with Crippen LogP contribution in [0.3, 0.4) is 0 Å². The van der Waals surface area contributed by atoms with Gasteiger partial charge in [0.2, 0.25) is 6.04 Å². The van der Waals surface area contributed by atoms with Crippen molar-refractivity contribution in [2.75, 3.05) is 0 Å². The van der Waals surface area contributed by atoms with E-state index in [9.17, 15) is 10.1 Å². The van der Waals surface area contributed by atoms with Crippen LogP contribution in [0.1, 0.15) is 91.4 Å². The molecule has 0 aliphatic heterocycles. The molecule has 0 spiro atoms. The highest BCUT2D eigenvalue weighted by atomic mass is 16.6. The van der Waals surface area contributed by atoms with Gasteiger partial charge in [-0.1, -0.05) is 45.8 Å². The molecular weight excluding hydrogens is 358 g/mol. The number of allylic oxidation sites excluding steroid dienone is 2. The van der Waals surface area contributed by atoms with Crippen LogP contribution in [0.15, 0.2) is 12.2 Å². The smallest absolute Gasteiger partial charge is 0.216 e. The molecule has 0 radical (unpaired) electrons. The van der Waals surface area contributed by atoms with E-state index in [1.54, 1.807) is 0 Å². The molecule has 3 nitrogen and oxygen atoms in total. The lowest BCUT2D eigenvalue weighted by Gasteiger charge is -2.35. The van der Waals surface area contributed by atoms with Gasteiger partial charge in [0.15, 0.2) is 0 Å². The summed E-state index contributed by atoms with van der Waals surface area (Å²) in [5.41, 5.74) is 0. The average molecular weight is 402 g/mol. The number of hydrogen-bond donors (Lipinski definition) is 0. The fourth-order valence-electron chi connectivity index (χ4n) is 7.81. The second-order valence-corrected chi connectivity index (χ2v) is 11.5. The van der Waals surface area contributed by atoms with E-state index in [-0.39, 0.29) is 16.9 Å². The Kier molecular flexibility index (Phi) is 6.71. The van der Waals surface area contributed by atoms with Crippen molar-refractivity contribution in [2.24, 2.45) is 53.3 Å². The number of rotatable bonds is 1. The molecule has 5 aliphatic rings. The van der Waals surface area contributed by atoms with Gasteiger partial charge < -0.3 is 0 Å². The zero-order valence-corrected chi connectivity index (χ0v) is 19.0. The van der Waals surface area contributed by atoms with Gasteiger partial charge in [-0.05, 0) is 98.7 Å². The van der Waals surface area contributed by atoms with Crippen LogP contribution in [0.25, 0.3) is 0 Å². The van der Waals surface area contributed by atoms with Crippen molar-refractivity contribution in [3.63, 3.8) is 0 Å². The quantitative estimate of drug-likeness (QED) is 0.266. The third-order valence-electron chi connectivity index (χ3n) is 9.90. The van der Waals surface area contributed by atoms with Crippen molar-refractivity contribution in [3.05, 3.63) is 22.3 Å². The first kappa shape index (κ1) is 21.4. The first-order valence-electron chi connectivity index (χ1n) is 12.7. The van der Waals surface area contributed by atoms with Crippen LogP contribution >= 0.6 is 0 Å². The van der Waals surface area contributed by atoms with Gasteiger partial charge in [0.25, 0.3) is 0 Å². The van der Waals surface area contributed by atoms with Gasteiger partial charge >= 0.3 is 0 Å². The summed E-state index contributed by atoms with van der Waals surface area (Å²) >= 11 is 0. The van der Waals surface area contributed by atoms with Crippen molar-refractivity contribution in [1.29, 1.82) is 0 Å². The Morgan fingerprint density at radius 3 is 2.07 bits per heavy atom. The summed E-state index contributed by atoms with van der Waals surface area (Å²) in [4.78, 5) is 11.9. The fourth-order valence-corrected chi connectivity index (χ4v) is 7.81. The summed E-state index contributed by atoms with van der Waals surface area (Å²) in [6.07, 6.45) is 18.9. The molecule has 0 aromatic rings. The van der Waals surface area contributed by atoms with Gasteiger partial charge in [-0.25, -0.2) is 0 Å². The Morgan fingerprint density at radius 1 is 0.724 bits per heavy atom. The summed E-state index contributed by atoms with van der Waals surface area (Å²) in [5, 5.41) is 11.9. The van der Waals surface area contributed by atoms with E-state index in [1.807, 2.05) is 0 Å². The highest BCUT2D eigenvalue weighted by molar-refractivity contribution is 5.06. The molecule has 29 heavy (non-hydrogen) atoms. The number of fused-ring (bicyclic) bond motifs is 6. The molecule has 5 rings (SSSR count). The lowest BCUT2D eigenvalue weighted by atomic mass is 9.70. The van der Waals surface area contributed by atoms with E-state index >= 15 is 0 Å². The largest absolute Gasteiger partial charge is 0.264 e. The molecule has 4 fully saturated rings. The SMILES string of the molecule is CC1CC2CCC1CCCC([N+](=O)[O-])C(C)[C@H]1C=CC(C1)C(C)C1CCC(C2)C1. The maximum atomic E-state index is 11.9. The van der Waals surface area contributed by atoms with Crippen molar-refractivity contribution in [3.8, 4) is 0 Å². The van der Waals surface area contributed by atoms with Crippen LogP contribution in [0.4, 0.5) is 0 Å². The number of nitrogens with zero attached hydrogens (tertiary/aromatic N) is 1. The second-order valence-electron chi connectivity index (χ2n) is 11.5. The molecule has 9 unspecified atom stereocenters. The zero-order valence-electron chi connectivity index (χ0n) is 19.0. The van der Waals surface area contributed by atoms with Gasteiger partial charge in [0.05, 0.1) is 0 Å². The van der Waals surface area contributed by atoms with Crippen LogP contribution < -0.4 is 0 Å². The van der Waals surface area contributed by atoms with E-state index < -0.39 is 0 Å². The topological polar surface area (TPSA) is 43.1 Å². The summed E-state index contributed by atoms with van der Waals surface area (Å²) in [6, 6.07) is -0.364. The summed E-state index contributed by atoms with van der Waals surface area (Å²) in [5.74, 6) is 6.35. The van der Waals surface area contributed by atoms with Crippen LogP contribution in [-0.2, 0) is 0 Å². The van der Waals surface area contributed by atoms with Gasteiger partial charge in [-0.3, -0.25) is 10.1 Å². The Morgan fingerprint density at radius 2 is 1.38 bits per heavy atom. The monoisotopic (exact) mass is 401 g/mol. The average Bonchev–Trinajstić information content (AvgIpc) is 3.34. The molecule has 5 aliphatic carbocycles. The Bertz CT molecular complexity index is 602. The molecule has 3 heteroatoms. The Hall–Kier alpha value is -0.860. The Balaban J connectivity index is 1.50. The van der Waals surface area contributed by atoms with Gasteiger partial charge in [-0.2, -0.15) is 0 Å². The molecule has 0 amide bonds. The minimum atomic E-state index is -0.364. The molecule has 0 aromatic heterocycles. The molecule has 0 heterocycles. The van der Waals surface area contributed by atoms with Crippen LogP contribution in [0, 0.1) is 63.4 Å². The normalized spacial score (nSPS) is 48.5. The first-order valence-corrected chi connectivity index (χ1v) is 12.7. The van der Waals surface area contributed by atoms with E-state index in [0.717, 1.165) is 54.8 Å². The molecular formula is C26H43NO2. The van der Waals surface area contributed by atoms with E-state index in [2.05, 4.69) is 32.9 Å². The molecule has 164 valence electrons. The molecule has 4 saturated carbocycles. The predicted octanol–water partition coefficient (Wildman–Crippen LogP) is 7.14. The molecule has 10 atom stereocenters. The van der Waals surface area contributed by atoms with E-state index in [4.69, 9.17) is 0 Å². The minimum absolute atomic E-state index is 0.0469. The van der Waals surface area contributed by atoms with Crippen LogP contribution in [-0.4, -0.2) is 11.0 Å². The zero-order chi connectivity index (χ0) is 20.5. The molecule has 0 N–H and O–H groups in total. The standard InChI is InChI=1S/C26H43NO2/c1-17-13-20-7-9-22(17)5-4-6-26(27(28)29)19(3)25-12-11-24(16-25)18(2)23-10-8-21(14-20)15-23/h11-12,17-26H,4-10,13-16H2,1-3H3/t17?,18?,19?,20?,21?,22?,23?,24?,25-,26?/m0/s1. The van der Waals surface area contributed by atoms with Gasteiger partial charge in [0.1, 0.15) is 0 Å². The number of hydrogen-bond acceptors (Lipinski definition) is 2. The number of nitro groups is 1. The highest BCUT2D eigenvalue weighted by Crippen LogP contribution is 2.48. The van der Waals surface area contributed by atoms with Gasteiger partial charge in [-0.15, -0.1) is 0 Å². The Labute approximate surface area is 178 Å². The molecule has 6 bridgehead atoms. The summed E-state index contributed by atoms with van der Waals surface area (Å²) < 4.78 is 0. The summed E-state index contributed by atoms with van der Waals surface area (Å²) in [7, 11) is 0. The molecule has 0 saturated heterocycles. The highest BCUT2D eigenvalue weighted by Gasteiger charge is 2.40. The molecule has 0 aromatic carbocycles. The maximum absolute atomic E-state index is 11.9. The maximum Gasteiger partial charge on any atom is 0.216 e. The minimum Gasteiger partial charge on any atom is -0.264 e. The predicted molar refractivity (Wildman–Crippen MR) is 119 cm³/mol. The third-order valence-corrected chi connectivity index (χ3v) is 9.90. The van der Waals surface area contributed by atoms with E-state index in [0.29, 0.717) is 11.8 Å². The third kappa shape index (κ3) is 4.74. The van der Waals surface area contributed by atoms with Crippen molar-refractivity contribution in [1.82, 2.24) is 0 Å². The van der Waals surface area contributed by atoms with Crippen LogP contribution in [0.5, 0.6) is 0 Å². The van der Waals surface area contributed by atoms with Crippen molar-refractivity contribution < 1.29 is 4.92 Å². The summed E-state index contributed by atoms with van der Waals surface area (Å²) in [6.45, 7) is 7.09. The van der Waals surface area contributed by atoms with Crippen LogP contribution in [0.2, 0.25) is 0 Å². The van der Waals surface area contributed by atoms with E-state index in [1.165, 1.54) is 51.4 Å². The van der Waals surface area contributed by atoms with Gasteiger partial charge in [0, 0.05) is 17.3 Å². The fraction of sp³-hybridized carbons (Fsp3) is 0.923. The first-order chi connectivity index (χ1) is 13.9. The lowest BCUT2D eigenvalue weighted by Crippen LogP contribution is -2.32. The lowest BCUT2D eigenvalue weighted by molar-refractivity contribution is -0.534. The van der Waals surface area contributed by atoms with Crippen molar-refractivity contribution >= 4 is 0 Å².